The number of amides is 3. The van der Waals surface area contributed by atoms with Crippen molar-refractivity contribution in [2.45, 2.75) is 145 Å². The number of hydrogen-bond donors (Lipinski definition) is 4. The molecule has 5 rings (SSSR count). The number of carbonyl (C=O) groups excluding carboxylic acids is 5. The second-order valence-electron chi connectivity index (χ2n) is 19.5. The average molecular weight is 992 g/mol. The van der Waals surface area contributed by atoms with Gasteiger partial charge in [0.1, 0.15) is 30.0 Å². The predicted molar refractivity (Wildman–Crippen MR) is 276 cm³/mol. The number of hydrogen-bond acceptors (Lipinski definition) is 15. The Morgan fingerprint density at radius 1 is 0.971 bits per heavy atom. The summed E-state index contributed by atoms with van der Waals surface area (Å²) in [5, 5.41) is 9.37. The molecule has 1 aromatic carbocycles. The van der Waals surface area contributed by atoms with Crippen LogP contribution in [0.1, 0.15) is 124 Å². The third-order valence-electron chi connectivity index (χ3n) is 13.5. The van der Waals surface area contributed by atoms with E-state index in [1.165, 1.54) is 6.92 Å². The van der Waals surface area contributed by atoms with E-state index < -0.39 is 34.9 Å². The van der Waals surface area contributed by atoms with E-state index in [9.17, 15) is 24.0 Å². The van der Waals surface area contributed by atoms with Crippen molar-refractivity contribution in [3.8, 4) is 5.88 Å². The fraction of sp³-hybridized carbons (Fsp3) is 0.627. The Morgan fingerprint density at radius 3 is 2.29 bits per heavy atom. The van der Waals surface area contributed by atoms with Crippen LogP contribution in [-0.4, -0.2) is 147 Å². The molecule has 0 saturated carbocycles. The number of aromatic amines is 1. The van der Waals surface area contributed by atoms with Gasteiger partial charge in [-0.05, 0) is 111 Å². The second kappa shape index (κ2) is 24.3. The summed E-state index contributed by atoms with van der Waals surface area (Å²) in [5.41, 5.74) is 2.64. The quantitative estimate of drug-likeness (QED) is 0.0583. The Morgan fingerprint density at radius 2 is 1.66 bits per heavy atom. The fourth-order valence-corrected chi connectivity index (χ4v) is 9.36. The number of morpholine rings is 1. The molecular formula is C51H77N9O9S. The van der Waals surface area contributed by atoms with Crippen molar-refractivity contribution in [2.24, 2.45) is 0 Å². The number of ether oxygens (including phenoxy) is 4. The summed E-state index contributed by atoms with van der Waals surface area (Å²) in [4.78, 5) is 77.4. The number of carbonyl (C=O) groups is 5. The number of rotatable bonds is 26. The smallest absolute Gasteiger partial charge is 0.270 e. The van der Waals surface area contributed by atoms with E-state index in [2.05, 4.69) is 48.4 Å². The van der Waals surface area contributed by atoms with Crippen molar-refractivity contribution >= 4 is 75.5 Å². The lowest BCUT2D eigenvalue weighted by molar-refractivity contribution is -0.178. The Labute approximate surface area is 418 Å². The van der Waals surface area contributed by atoms with E-state index in [1.807, 2.05) is 52.5 Å². The zero-order valence-electron chi connectivity index (χ0n) is 43.7. The molecule has 386 valence electrons. The van der Waals surface area contributed by atoms with Crippen LogP contribution in [-0.2, 0) is 38.2 Å². The maximum atomic E-state index is 14.4. The van der Waals surface area contributed by atoms with Crippen molar-refractivity contribution in [1.29, 1.82) is 0 Å². The van der Waals surface area contributed by atoms with Crippen LogP contribution in [0.5, 0.6) is 5.88 Å². The number of nitrogens with one attached hydrogen (secondary N) is 4. The Kier molecular flexibility index (Phi) is 19.3. The van der Waals surface area contributed by atoms with Crippen molar-refractivity contribution < 1.29 is 42.9 Å². The van der Waals surface area contributed by atoms with Crippen LogP contribution in [0.3, 0.4) is 0 Å². The van der Waals surface area contributed by atoms with Crippen molar-refractivity contribution in [1.82, 2.24) is 23.5 Å². The summed E-state index contributed by atoms with van der Waals surface area (Å²) in [7, 11) is 0. The van der Waals surface area contributed by atoms with Crippen LogP contribution in [0, 0.1) is 13.8 Å². The molecule has 0 bridgehead atoms. The summed E-state index contributed by atoms with van der Waals surface area (Å²) >= 11 is 1.03. The van der Waals surface area contributed by atoms with Crippen LogP contribution in [0.2, 0.25) is 0 Å². The van der Waals surface area contributed by atoms with E-state index in [0.717, 1.165) is 60.5 Å². The zero-order valence-corrected chi connectivity index (χ0v) is 44.5. The first-order valence-corrected chi connectivity index (χ1v) is 25.4. The third kappa shape index (κ3) is 13.8. The lowest BCUT2D eigenvalue weighted by Gasteiger charge is -2.40. The predicted octanol–water partition coefficient (Wildman–Crippen LogP) is 7.28. The number of aryl methyl sites for hydroxylation is 1. The molecule has 0 radical (unpaired) electrons. The van der Waals surface area contributed by atoms with Gasteiger partial charge in [0.2, 0.25) is 17.6 Å². The Balaban J connectivity index is 1.23. The van der Waals surface area contributed by atoms with Gasteiger partial charge >= 0.3 is 0 Å². The summed E-state index contributed by atoms with van der Waals surface area (Å²) < 4.78 is 33.7. The molecule has 2 unspecified atom stereocenters. The van der Waals surface area contributed by atoms with E-state index in [0.29, 0.717) is 60.5 Å². The molecule has 2 aliphatic heterocycles. The first-order chi connectivity index (χ1) is 33.1. The molecule has 3 amide bonds. The van der Waals surface area contributed by atoms with Gasteiger partial charge in [0.05, 0.1) is 42.7 Å². The van der Waals surface area contributed by atoms with Gasteiger partial charge in [0, 0.05) is 79.8 Å². The van der Waals surface area contributed by atoms with E-state index in [1.54, 1.807) is 50.8 Å². The molecule has 4 atom stereocenters. The molecule has 4 heterocycles. The van der Waals surface area contributed by atoms with Gasteiger partial charge in [-0.25, -0.2) is 0 Å². The van der Waals surface area contributed by atoms with Gasteiger partial charge in [0.15, 0.2) is 11.6 Å². The Bertz CT molecular complexity index is 2350. The number of aromatic nitrogens is 3. The van der Waals surface area contributed by atoms with Crippen molar-refractivity contribution in [2.75, 3.05) is 86.5 Å². The summed E-state index contributed by atoms with van der Waals surface area (Å²) in [6.45, 7) is 30.3. The molecular weight excluding hydrogens is 915 g/mol. The zero-order chi connectivity index (χ0) is 51.6. The highest BCUT2D eigenvalue weighted by Gasteiger charge is 2.44. The topological polar surface area (TPSA) is 210 Å². The van der Waals surface area contributed by atoms with Crippen LogP contribution >= 0.6 is 11.7 Å². The second-order valence-corrected chi connectivity index (χ2v) is 20.0. The summed E-state index contributed by atoms with van der Waals surface area (Å²) in [6, 6.07) is 5.21. The molecule has 18 nitrogen and oxygen atoms in total. The number of H-pyrrole nitrogens is 1. The van der Waals surface area contributed by atoms with Gasteiger partial charge in [0.25, 0.3) is 11.8 Å². The molecule has 70 heavy (non-hydrogen) atoms. The standard InChI is InChI=1S/C51H77N9O9S/c1-14-50(12,68-34(7)45(64)51(13,15-2)69-37(30-60(35(8)61)49(9,10)11)31-67-48-46(56-70-57-48)59-24-26-66-27-25-59)42(62)20-21-43(63)54-36-18-19-40-38(28-36)39(47(65)55-40)29-41-32(5)44(33(6)53-41)52-22-23-58(16-3)17-4/h18-19,28-29,34,37,52-53H,14-17,20-27,30-31H2,1-13H3,(H,54,63)(H,55,65)/b39-29-/t34-,37+,50?,51?/m1/s1. The molecule has 1 fully saturated rings. The highest BCUT2D eigenvalue weighted by Crippen LogP contribution is 2.37. The first kappa shape index (κ1) is 55.7. The average Bonchev–Trinajstić information content (AvgIpc) is 4.00. The summed E-state index contributed by atoms with van der Waals surface area (Å²) in [6.07, 6.45) is 0.194. The van der Waals surface area contributed by atoms with E-state index in [-0.39, 0.29) is 62.2 Å². The SMILES string of the molecule is CCN(CC)CCNc1c(C)[nH]c(/C=C2\C(=O)Nc3ccc(NC(=O)CCC(=O)C(C)(CC)O[C@H](C)C(=O)C(C)(CC)O[C@H](COc4nsnc4N4CCOCC4)CN(C(C)=O)C(C)(C)C)cc32)c1C. The molecule has 2 aliphatic rings. The fourth-order valence-electron chi connectivity index (χ4n) is 8.84. The van der Waals surface area contributed by atoms with Gasteiger partial charge in [-0.2, -0.15) is 4.37 Å². The molecule has 4 N–H and O–H groups in total. The molecule has 0 spiro atoms. The third-order valence-corrected chi connectivity index (χ3v) is 14.0. The first-order valence-electron chi connectivity index (χ1n) is 24.7. The lowest BCUT2D eigenvalue weighted by Crippen LogP contribution is -2.55. The summed E-state index contributed by atoms with van der Waals surface area (Å²) in [5.74, 6) is -0.591. The highest BCUT2D eigenvalue weighted by atomic mass is 32.1. The molecule has 19 heteroatoms. The minimum Gasteiger partial charge on any atom is -0.472 e. The van der Waals surface area contributed by atoms with E-state index in [4.69, 9.17) is 18.9 Å². The number of anilines is 4. The molecule has 3 aromatic rings. The van der Waals surface area contributed by atoms with Gasteiger partial charge in [-0.3, -0.25) is 24.0 Å². The number of likely N-dealkylation sites (N-methyl/N-ethyl adjacent to an activating group) is 1. The highest BCUT2D eigenvalue weighted by molar-refractivity contribution is 6.99. The minimum atomic E-state index is -1.41. The van der Waals surface area contributed by atoms with Crippen LogP contribution in [0.15, 0.2) is 18.2 Å². The molecule has 2 aromatic heterocycles. The van der Waals surface area contributed by atoms with Crippen molar-refractivity contribution in [3.05, 3.63) is 40.7 Å². The Hall–Kier alpha value is -5.21. The van der Waals surface area contributed by atoms with Crippen LogP contribution < -0.4 is 25.6 Å². The largest absolute Gasteiger partial charge is 0.472 e. The lowest BCUT2D eigenvalue weighted by atomic mass is 9.90. The number of ketones is 2. The number of nitrogens with zero attached hydrogens (tertiary/aromatic N) is 5. The number of fused-ring (bicyclic) bond motifs is 1. The number of Topliss-reactive ketones (excluding diaryl/α,β-unsaturated/α-hetero) is 2. The normalized spacial score (nSPS) is 17.1. The minimum absolute atomic E-state index is 0.0321. The molecule has 0 aliphatic carbocycles. The van der Waals surface area contributed by atoms with Gasteiger partial charge < -0.3 is 54.6 Å². The monoisotopic (exact) mass is 992 g/mol. The van der Waals surface area contributed by atoms with Gasteiger partial charge in [-0.1, -0.05) is 27.7 Å². The maximum Gasteiger partial charge on any atom is 0.270 e. The van der Waals surface area contributed by atoms with Crippen LogP contribution in [0.25, 0.3) is 11.6 Å². The van der Waals surface area contributed by atoms with E-state index >= 15 is 0 Å². The maximum absolute atomic E-state index is 14.4. The molecule has 1 saturated heterocycles. The number of benzene rings is 1. The van der Waals surface area contributed by atoms with Gasteiger partial charge in [-0.15, -0.1) is 4.37 Å². The van der Waals surface area contributed by atoms with Crippen LogP contribution in [0.4, 0.5) is 22.9 Å². The van der Waals surface area contributed by atoms with Crippen molar-refractivity contribution in [3.63, 3.8) is 0 Å².